The summed E-state index contributed by atoms with van der Waals surface area (Å²) >= 11 is 3.37. The molecule has 118 valence electrons. The van der Waals surface area contributed by atoms with Gasteiger partial charge in [-0.25, -0.2) is 0 Å². The lowest BCUT2D eigenvalue weighted by atomic mass is 10.1. The molecule has 2 heterocycles. The highest BCUT2D eigenvalue weighted by Gasteiger charge is 2.11. The first kappa shape index (κ1) is 15.5. The van der Waals surface area contributed by atoms with Crippen molar-refractivity contribution in [1.82, 2.24) is 19.6 Å². The van der Waals surface area contributed by atoms with E-state index in [1.165, 1.54) is 0 Å². The number of carbonyl (C=O) groups is 1. The molecule has 1 amide bonds. The van der Waals surface area contributed by atoms with Crippen LogP contribution in [0, 0.1) is 6.92 Å². The number of nitrogens with zero attached hydrogens (tertiary/aromatic N) is 4. The molecule has 1 N–H and O–H groups in total. The number of nitrogens with one attached hydrogen (secondary N) is 1. The van der Waals surface area contributed by atoms with Crippen molar-refractivity contribution in [3.8, 4) is 0 Å². The van der Waals surface area contributed by atoms with E-state index in [4.69, 9.17) is 0 Å². The maximum Gasteiger partial charge on any atom is 0.255 e. The molecule has 3 aromatic rings. The van der Waals surface area contributed by atoms with Gasteiger partial charge in [0.15, 0.2) is 0 Å². The van der Waals surface area contributed by atoms with Gasteiger partial charge in [0, 0.05) is 18.8 Å². The van der Waals surface area contributed by atoms with Crippen molar-refractivity contribution in [3.63, 3.8) is 0 Å². The second-order valence-electron chi connectivity index (χ2n) is 5.28. The Kier molecular flexibility index (Phi) is 4.29. The third-order valence-electron chi connectivity index (χ3n) is 3.62. The van der Waals surface area contributed by atoms with Gasteiger partial charge in [-0.1, -0.05) is 12.1 Å². The van der Waals surface area contributed by atoms with Crippen molar-refractivity contribution in [1.29, 1.82) is 0 Å². The van der Waals surface area contributed by atoms with Gasteiger partial charge in [-0.3, -0.25) is 14.2 Å². The summed E-state index contributed by atoms with van der Waals surface area (Å²) in [4.78, 5) is 12.4. The van der Waals surface area contributed by atoms with Crippen molar-refractivity contribution in [2.45, 2.75) is 13.5 Å². The molecule has 0 aliphatic rings. The van der Waals surface area contributed by atoms with E-state index in [9.17, 15) is 4.79 Å². The van der Waals surface area contributed by atoms with Crippen LogP contribution in [0.25, 0.3) is 0 Å². The molecule has 0 bridgehead atoms. The Hall–Kier alpha value is -2.41. The Morgan fingerprint density at radius 3 is 2.78 bits per heavy atom. The highest BCUT2D eigenvalue weighted by molar-refractivity contribution is 9.10. The lowest BCUT2D eigenvalue weighted by Crippen LogP contribution is -2.13. The number of benzene rings is 1. The van der Waals surface area contributed by atoms with E-state index in [1.807, 2.05) is 43.0 Å². The van der Waals surface area contributed by atoms with Crippen molar-refractivity contribution < 1.29 is 4.79 Å². The van der Waals surface area contributed by atoms with Crippen molar-refractivity contribution in [2.75, 3.05) is 5.32 Å². The molecule has 0 atom stereocenters. The standard InChI is InChI=1S/C16H16BrN5O/c1-11-15(8-18-21(11)2)20-16(23)13-5-3-4-12(6-13)9-22-10-14(17)7-19-22/h3-8,10H,9H2,1-2H3,(H,20,23). The van der Waals surface area contributed by atoms with Gasteiger partial charge in [0.05, 0.1) is 34.8 Å². The van der Waals surface area contributed by atoms with Crippen LogP contribution in [0.1, 0.15) is 21.6 Å². The molecule has 0 fully saturated rings. The molecule has 0 aliphatic carbocycles. The number of carbonyl (C=O) groups excluding carboxylic acids is 1. The average molecular weight is 374 g/mol. The summed E-state index contributed by atoms with van der Waals surface area (Å²) in [6, 6.07) is 7.51. The third kappa shape index (κ3) is 3.50. The minimum Gasteiger partial charge on any atom is -0.319 e. The van der Waals surface area contributed by atoms with Gasteiger partial charge in [0.25, 0.3) is 5.91 Å². The van der Waals surface area contributed by atoms with Gasteiger partial charge in [-0.2, -0.15) is 10.2 Å². The number of hydrogen-bond acceptors (Lipinski definition) is 3. The summed E-state index contributed by atoms with van der Waals surface area (Å²) in [5.41, 5.74) is 3.25. The highest BCUT2D eigenvalue weighted by Crippen LogP contribution is 2.15. The maximum absolute atomic E-state index is 12.4. The summed E-state index contributed by atoms with van der Waals surface area (Å²) in [6.07, 6.45) is 5.28. The van der Waals surface area contributed by atoms with Crippen LogP contribution in [0.3, 0.4) is 0 Å². The highest BCUT2D eigenvalue weighted by atomic mass is 79.9. The smallest absolute Gasteiger partial charge is 0.255 e. The summed E-state index contributed by atoms with van der Waals surface area (Å²) in [5.74, 6) is -0.149. The lowest BCUT2D eigenvalue weighted by molar-refractivity contribution is 0.102. The second-order valence-corrected chi connectivity index (χ2v) is 6.19. The van der Waals surface area contributed by atoms with Crippen LogP contribution < -0.4 is 5.32 Å². The number of amides is 1. The Labute approximate surface area is 142 Å². The van der Waals surface area contributed by atoms with E-state index in [-0.39, 0.29) is 5.91 Å². The summed E-state index contributed by atoms with van der Waals surface area (Å²) < 4.78 is 4.46. The fraction of sp³-hybridized carbons (Fsp3) is 0.188. The minimum atomic E-state index is -0.149. The molecule has 6 nitrogen and oxygen atoms in total. The Balaban J connectivity index is 1.76. The topological polar surface area (TPSA) is 64.7 Å². The average Bonchev–Trinajstić information content (AvgIpc) is 3.08. The van der Waals surface area contributed by atoms with E-state index < -0.39 is 0 Å². The molecular formula is C16H16BrN5O. The fourth-order valence-corrected chi connectivity index (χ4v) is 2.57. The van der Waals surface area contributed by atoms with E-state index >= 15 is 0 Å². The number of aromatic nitrogens is 4. The van der Waals surface area contributed by atoms with Crippen LogP contribution in [-0.4, -0.2) is 25.5 Å². The van der Waals surface area contributed by atoms with Crippen LogP contribution in [-0.2, 0) is 13.6 Å². The molecule has 1 aromatic carbocycles. The predicted octanol–water partition coefficient (Wildman–Crippen LogP) is 2.99. The van der Waals surface area contributed by atoms with Gasteiger partial charge in [-0.05, 0) is 40.5 Å². The molecule has 7 heteroatoms. The Bertz CT molecular complexity index is 852. The van der Waals surface area contributed by atoms with Crippen LogP contribution in [0.5, 0.6) is 0 Å². The maximum atomic E-state index is 12.4. The molecule has 0 saturated heterocycles. The van der Waals surface area contributed by atoms with E-state index in [1.54, 1.807) is 23.1 Å². The summed E-state index contributed by atoms with van der Waals surface area (Å²) in [5, 5.41) is 11.2. The molecule has 3 rings (SSSR count). The Morgan fingerprint density at radius 2 is 2.13 bits per heavy atom. The van der Waals surface area contributed by atoms with Crippen LogP contribution >= 0.6 is 15.9 Å². The quantitative estimate of drug-likeness (QED) is 0.764. The molecule has 0 saturated carbocycles. The molecule has 0 unspecified atom stereocenters. The van der Waals surface area contributed by atoms with Crippen molar-refractivity contribution in [3.05, 3.63) is 64.1 Å². The molecule has 2 aromatic heterocycles. The molecule has 0 spiro atoms. The first-order valence-corrected chi connectivity index (χ1v) is 7.89. The minimum absolute atomic E-state index is 0.149. The van der Waals surface area contributed by atoms with E-state index in [0.717, 1.165) is 21.4 Å². The third-order valence-corrected chi connectivity index (χ3v) is 4.03. The zero-order valence-corrected chi connectivity index (χ0v) is 14.4. The van der Waals surface area contributed by atoms with Crippen LogP contribution in [0.2, 0.25) is 0 Å². The van der Waals surface area contributed by atoms with Crippen LogP contribution in [0.4, 0.5) is 5.69 Å². The summed E-state index contributed by atoms with van der Waals surface area (Å²) in [6.45, 7) is 2.52. The summed E-state index contributed by atoms with van der Waals surface area (Å²) in [7, 11) is 1.84. The zero-order valence-electron chi connectivity index (χ0n) is 12.8. The fourth-order valence-electron chi connectivity index (χ4n) is 2.24. The van der Waals surface area contributed by atoms with Gasteiger partial charge in [-0.15, -0.1) is 0 Å². The first-order valence-electron chi connectivity index (χ1n) is 7.10. The monoisotopic (exact) mass is 373 g/mol. The molecule has 0 radical (unpaired) electrons. The number of rotatable bonds is 4. The number of aryl methyl sites for hydroxylation is 1. The normalized spacial score (nSPS) is 10.7. The zero-order chi connectivity index (χ0) is 16.4. The molecule has 23 heavy (non-hydrogen) atoms. The van der Waals surface area contributed by atoms with E-state index in [2.05, 4.69) is 31.4 Å². The van der Waals surface area contributed by atoms with Crippen molar-refractivity contribution in [2.24, 2.45) is 7.05 Å². The van der Waals surface area contributed by atoms with E-state index in [0.29, 0.717) is 12.1 Å². The lowest BCUT2D eigenvalue weighted by Gasteiger charge is -2.07. The van der Waals surface area contributed by atoms with Crippen LogP contribution in [0.15, 0.2) is 47.3 Å². The number of anilines is 1. The molecular weight excluding hydrogens is 358 g/mol. The first-order chi connectivity index (χ1) is 11.0. The van der Waals surface area contributed by atoms with Crippen molar-refractivity contribution >= 4 is 27.5 Å². The van der Waals surface area contributed by atoms with Gasteiger partial charge in [0.1, 0.15) is 0 Å². The van der Waals surface area contributed by atoms with Gasteiger partial charge < -0.3 is 5.32 Å². The number of hydrogen-bond donors (Lipinski definition) is 1. The SMILES string of the molecule is Cc1c(NC(=O)c2cccc(Cn3cc(Br)cn3)c2)cnn1C. The van der Waals surface area contributed by atoms with Gasteiger partial charge >= 0.3 is 0 Å². The largest absolute Gasteiger partial charge is 0.319 e. The predicted molar refractivity (Wildman–Crippen MR) is 91.4 cm³/mol. The molecule has 0 aliphatic heterocycles. The van der Waals surface area contributed by atoms with Gasteiger partial charge in [0.2, 0.25) is 0 Å². The Morgan fingerprint density at radius 1 is 1.30 bits per heavy atom. The number of halogens is 1. The second kappa shape index (κ2) is 6.37.